The van der Waals surface area contributed by atoms with E-state index in [0.29, 0.717) is 5.69 Å². The minimum Gasteiger partial charge on any atom is -0.322 e. The third-order valence-corrected chi connectivity index (χ3v) is 5.45. The Labute approximate surface area is 167 Å². The molecule has 2 N–H and O–H groups in total. The number of carbonyl (C=O) groups excluding carboxylic acids is 1. The molecule has 0 aliphatic carbocycles. The zero-order chi connectivity index (χ0) is 20.9. The number of anilines is 1. The number of nitrogens with zero attached hydrogens (tertiary/aromatic N) is 1. The minimum absolute atomic E-state index is 0.0372. The molecule has 9 heteroatoms. The maximum Gasteiger partial charge on any atom is 0.269 e. The number of rotatable bonds is 7. The maximum absolute atomic E-state index is 12.5. The summed E-state index contributed by atoms with van der Waals surface area (Å²) in [5.74, 6) is -0.529. The Morgan fingerprint density at radius 1 is 0.931 bits per heavy atom. The second kappa shape index (κ2) is 8.63. The van der Waals surface area contributed by atoms with Crippen LogP contribution in [0.3, 0.4) is 0 Å². The van der Waals surface area contributed by atoms with Crippen molar-refractivity contribution in [1.29, 1.82) is 0 Å². The van der Waals surface area contributed by atoms with Crippen LogP contribution >= 0.6 is 0 Å². The molecule has 29 heavy (non-hydrogen) atoms. The van der Waals surface area contributed by atoms with Gasteiger partial charge in [0.1, 0.15) is 0 Å². The summed E-state index contributed by atoms with van der Waals surface area (Å²) >= 11 is 0. The number of hydrogen-bond donors (Lipinski definition) is 2. The van der Waals surface area contributed by atoms with Crippen molar-refractivity contribution in [2.45, 2.75) is 11.4 Å². The monoisotopic (exact) mass is 411 g/mol. The van der Waals surface area contributed by atoms with E-state index in [4.69, 9.17) is 0 Å². The Kier molecular flexibility index (Phi) is 6.01. The highest BCUT2D eigenvalue weighted by Crippen LogP contribution is 2.17. The van der Waals surface area contributed by atoms with Crippen molar-refractivity contribution >= 4 is 27.3 Å². The Morgan fingerprint density at radius 2 is 1.62 bits per heavy atom. The molecule has 0 bridgehead atoms. The first-order chi connectivity index (χ1) is 13.8. The van der Waals surface area contributed by atoms with Gasteiger partial charge in [-0.1, -0.05) is 36.4 Å². The molecule has 3 rings (SSSR count). The van der Waals surface area contributed by atoms with Gasteiger partial charge >= 0.3 is 0 Å². The molecule has 0 radical (unpaired) electrons. The number of sulfonamides is 1. The Balaban J connectivity index is 1.72. The average Bonchev–Trinajstić information content (AvgIpc) is 2.73. The lowest BCUT2D eigenvalue weighted by Crippen LogP contribution is -2.23. The van der Waals surface area contributed by atoms with Crippen LogP contribution in [0.15, 0.2) is 83.8 Å². The topological polar surface area (TPSA) is 118 Å². The Bertz CT molecular complexity index is 1130. The van der Waals surface area contributed by atoms with E-state index >= 15 is 0 Å². The van der Waals surface area contributed by atoms with Crippen molar-refractivity contribution < 1.29 is 18.1 Å². The Morgan fingerprint density at radius 3 is 2.28 bits per heavy atom. The van der Waals surface area contributed by atoms with Crippen LogP contribution in [-0.4, -0.2) is 19.2 Å². The van der Waals surface area contributed by atoms with Crippen molar-refractivity contribution in [3.05, 3.63) is 100 Å². The van der Waals surface area contributed by atoms with Crippen LogP contribution in [0.5, 0.6) is 0 Å². The van der Waals surface area contributed by atoms with E-state index < -0.39 is 20.9 Å². The lowest BCUT2D eigenvalue weighted by Gasteiger charge is -2.09. The molecular weight excluding hydrogens is 394 g/mol. The second-order valence-electron chi connectivity index (χ2n) is 6.10. The fourth-order valence-electron chi connectivity index (χ4n) is 2.53. The minimum atomic E-state index is -3.81. The summed E-state index contributed by atoms with van der Waals surface area (Å²) in [6, 6.07) is 20.0. The molecule has 148 valence electrons. The van der Waals surface area contributed by atoms with Gasteiger partial charge in [0, 0.05) is 29.9 Å². The summed E-state index contributed by atoms with van der Waals surface area (Å²) in [5, 5.41) is 13.3. The highest BCUT2D eigenvalue weighted by Gasteiger charge is 2.16. The molecule has 0 aliphatic heterocycles. The number of carbonyl (C=O) groups is 1. The van der Waals surface area contributed by atoms with Crippen LogP contribution in [0.1, 0.15) is 15.9 Å². The van der Waals surface area contributed by atoms with E-state index in [-0.39, 0.29) is 22.7 Å². The van der Waals surface area contributed by atoms with Crippen molar-refractivity contribution in [2.75, 3.05) is 5.32 Å². The summed E-state index contributed by atoms with van der Waals surface area (Å²) < 4.78 is 27.6. The number of nitrogens with one attached hydrogen (secondary N) is 2. The summed E-state index contributed by atoms with van der Waals surface area (Å²) in [6.45, 7) is 0.127. The summed E-state index contributed by atoms with van der Waals surface area (Å²) in [6.07, 6.45) is 0. The molecule has 0 fully saturated rings. The number of benzene rings is 3. The predicted molar refractivity (Wildman–Crippen MR) is 108 cm³/mol. The quantitative estimate of drug-likeness (QED) is 0.457. The van der Waals surface area contributed by atoms with Gasteiger partial charge in [0.05, 0.1) is 9.82 Å². The average molecular weight is 411 g/mol. The smallest absolute Gasteiger partial charge is 0.269 e. The van der Waals surface area contributed by atoms with Crippen LogP contribution in [0.25, 0.3) is 0 Å². The molecule has 8 nitrogen and oxygen atoms in total. The van der Waals surface area contributed by atoms with E-state index in [2.05, 4.69) is 10.0 Å². The summed E-state index contributed by atoms with van der Waals surface area (Å²) in [5.41, 5.74) is 1.21. The van der Waals surface area contributed by atoms with E-state index in [0.717, 1.165) is 5.56 Å². The van der Waals surface area contributed by atoms with E-state index in [1.165, 1.54) is 48.5 Å². The third-order valence-electron chi connectivity index (χ3n) is 4.05. The summed E-state index contributed by atoms with van der Waals surface area (Å²) in [7, 11) is -3.81. The van der Waals surface area contributed by atoms with Crippen molar-refractivity contribution in [1.82, 2.24) is 4.72 Å². The summed E-state index contributed by atoms with van der Waals surface area (Å²) in [4.78, 5) is 22.5. The molecular formula is C20H17N3O5S. The van der Waals surface area contributed by atoms with Gasteiger partial charge in [-0.15, -0.1) is 0 Å². The zero-order valence-electron chi connectivity index (χ0n) is 15.1. The SMILES string of the molecule is O=C(Nc1ccc([N+](=O)[O-])cc1)c1cccc(S(=O)(=O)NCc2ccccc2)c1. The fourth-order valence-corrected chi connectivity index (χ4v) is 3.59. The molecule has 0 atom stereocenters. The highest BCUT2D eigenvalue weighted by molar-refractivity contribution is 7.89. The molecule has 0 aliphatic rings. The zero-order valence-corrected chi connectivity index (χ0v) is 15.9. The van der Waals surface area contributed by atoms with E-state index in [9.17, 15) is 23.3 Å². The van der Waals surface area contributed by atoms with Gasteiger partial charge in [0.2, 0.25) is 10.0 Å². The molecule has 0 spiro atoms. The van der Waals surface area contributed by atoms with Gasteiger partial charge in [0.15, 0.2) is 0 Å². The molecule has 0 heterocycles. The number of nitro benzene ring substituents is 1. The van der Waals surface area contributed by atoms with Crippen molar-refractivity contribution in [2.24, 2.45) is 0 Å². The highest BCUT2D eigenvalue weighted by atomic mass is 32.2. The largest absolute Gasteiger partial charge is 0.322 e. The van der Waals surface area contributed by atoms with Crippen LogP contribution in [-0.2, 0) is 16.6 Å². The van der Waals surface area contributed by atoms with Crippen LogP contribution < -0.4 is 10.0 Å². The molecule has 3 aromatic carbocycles. The number of amides is 1. The fraction of sp³-hybridized carbons (Fsp3) is 0.0500. The first-order valence-electron chi connectivity index (χ1n) is 8.54. The van der Waals surface area contributed by atoms with Gasteiger partial charge < -0.3 is 5.32 Å². The first kappa shape index (κ1) is 20.2. The van der Waals surface area contributed by atoms with Gasteiger partial charge in [-0.2, -0.15) is 0 Å². The second-order valence-corrected chi connectivity index (χ2v) is 7.86. The van der Waals surface area contributed by atoms with Gasteiger partial charge in [-0.25, -0.2) is 13.1 Å². The van der Waals surface area contributed by atoms with Crippen LogP contribution in [0.2, 0.25) is 0 Å². The van der Waals surface area contributed by atoms with Gasteiger partial charge in [-0.3, -0.25) is 14.9 Å². The third kappa shape index (κ3) is 5.24. The molecule has 0 saturated heterocycles. The standard InChI is InChI=1S/C20H17N3O5S/c24-20(22-17-9-11-18(12-10-17)23(25)26)16-7-4-8-19(13-16)29(27,28)21-14-15-5-2-1-3-6-15/h1-13,21H,14H2,(H,22,24). The molecule has 3 aromatic rings. The van der Waals surface area contributed by atoms with Crippen LogP contribution in [0.4, 0.5) is 11.4 Å². The molecule has 1 amide bonds. The maximum atomic E-state index is 12.5. The first-order valence-corrected chi connectivity index (χ1v) is 10.0. The molecule has 0 saturated carbocycles. The lowest BCUT2D eigenvalue weighted by atomic mass is 10.2. The normalized spacial score (nSPS) is 11.0. The van der Waals surface area contributed by atoms with Crippen LogP contribution in [0, 0.1) is 10.1 Å². The number of hydrogen-bond acceptors (Lipinski definition) is 5. The number of non-ortho nitro benzene ring substituents is 1. The van der Waals surface area contributed by atoms with Crippen molar-refractivity contribution in [3.63, 3.8) is 0 Å². The van der Waals surface area contributed by atoms with Gasteiger partial charge in [-0.05, 0) is 35.9 Å². The molecule has 0 unspecified atom stereocenters. The number of nitro groups is 1. The van der Waals surface area contributed by atoms with Crippen molar-refractivity contribution in [3.8, 4) is 0 Å². The van der Waals surface area contributed by atoms with E-state index in [1.807, 2.05) is 18.2 Å². The van der Waals surface area contributed by atoms with E-state index in [1.54, 1.807) is 12.1 Å². The predicted octanol–water partition coefficient (Wildman–Crippen LogP) is 3.33. The molecule has 0 aromatic heterocycles. The van der Waals surface area contributed by atoms with Gasteiger partial charge in [0.25, 0.3) is 11.6 Å². The lowest BCUT2D eigenvalue weighted by molar-refractivity contribution is -0.384. The Hall–Kier alpha value is -3.56.